The Bertz CT molecular complexity index is 491. The third-order valence-corrected chi connectivity index (χ3v) is 3.35. The summed E-state index contributed by atoms with van der Waals surface area (Å²) in [6, 6.07) is 8.49. The van der Waals surface area contributed by atoms with Crippen LogP contribution in [0.1, 0.15) is 38.2 Å². The highest BCUT2D eigenvalue weighted by Gasteiger charge is 2.07. The average molecular weight is 323 g/mol. The van der Waals surface area contributed by atoms with E-state index in [2.05, 4.69) is 66.0 Å². The molecule has 0 N–H and O–H groups in total. The molecule has 0 spiro atoms. The van der Waals surface area contributed by atoms with Crippen LogP contribution in [-0.4, -0.2) is 4.57 Å². The van der Waals surface area contributed by atoms with E-state index in [4.69, 9.17) is 0 Å². The first kappa shape index (κ1) is 16.0. The minimum atomic E-state index is 0. The number of aryl methyl sites for hydroxylation is 2. The van der Waals surface area contributed by atoms with Crippen molar-refractivity contribution in [2.45, 2.75) is 46.1 Å². The standard InChI is InChI=1S/C16H23N2.BrH/c1-3-4-5-8-11-17-12-13-18(14-17)16-10-7-6-9-15(16)2;/h6-7,9-10,12-14H,3-5,8,11H2,1-2H3;1H/q+1;/p-1. The Balaban J connectivity index is 0.00000180. The predicted molar refractivity (Wildman–Crippen MR) is 74.8 cm³/mol. The molecule has 1 heterocycles. The largest absolute Gasteiger partial charge is 1.00 e. The number of imidazole rings is 1. The molecule has 1 aromatic carbocycles. The molecule has 0 saturated carbocycles. The van der Waals surface area contributed by atoms with Crippen molar-refractivity contribution in [3.63, 3.8) is 0 Å². The molecule has 2 aromatic rings. The van der Waals surface area contributed by atoms with Crippen LogP contribution >= 0.6 is 0 Å². The van der Waals surface area contributed by atoms with Crippen molar-refractivity contribution in [2.24, 2.45) is 0 Å². The van der Waals surface area contributed by atoms with Crippen molar-refractivity contribution in [3.05, 3.63) is 48.5 Å². The van der Waals surface area contributed by atoms with Gasteiger partial charge in [-0.1, -0.05) is 38.0 Å². The van der Waals surface area contributed by atoms with Gasteiger partial charge in [-0.25, -0.2) is 9.13 Å². The molecule has 2 rings (SSSR count). The normalized spacial score (nSPS) is 10.2. The van der Waals surface area contributed by atoms with Crippen molar-refractivity contribution in [1.82, 2.24) is 4.57 Å². The van der Waals surface area contributed by atoms with Gasteiger partial charge in [0, 0.05) is 0 Å². The lowest BCUT2D eigenvalue weighted by molar-refractivity contribution is -0.696. The highest BCUT2D eigenvalue weighted by Crippen LogP contribution is 2.11. The van der Waals surface area contributed by atoms with E-state index >= 15 is 0 Å². The maximum atomic E-state index is 2.28. The molecule has 0 radical (unpaired) electrons. The SMILES string of the molecule is CCCCCC[n+]1ccn(-c2ccccc2C)c1.[Br-]. The number of para-hydroxylation sites is 1. The first-order valence-corrected chi connectivity index (χ1v) is 6.94. The molecule has 0 saturated heterocycles. The summed E-state index contributed by atoms with van der Waals surface area (Å²) < 4.78 is 4.48. The summed E-state index contributed by atoms with van der Waals surface area (Å²) in [5.41, 5.74) is 2.58. The number of unbranched alkanes of at least 4 members (excludes halogenated alkanes) is 3. The van der Waals surface area contributed by atoms with Gasteiger partial charge in [0.2, 0.25) is 6.33 Å². The van der Waals surface area contributed by atoms with Gasteiger partial charge in [0.05, 0.1) is 6.54 Å². The molecule has 0 aliphatic carbocycles. The highest BCUT2D eigenvalue weighted by atomic mass is 79.9. The van der Waals surface area contributed by atoms with Crippen LogP contribution in [-0.2, 0) is 6.54 Å². The summed E-state index contributed by atoms with van der Waals surface area (Å²) in [5.74, 6) is 0. The lowest BCUT2D eigenvalue weighted by Crippen LogP contribution is -3.00. The molecule has 3 heteroatoms. The van der Waals surface area contributed by atoms with E-state index in [0.29, 0.717) is 0 Å². The number of nitrogens with zero attached hydrogens (tertiary/aromatic N) is 2. The van der Waals surface area contributed by atoms with Crippen LogP contribution in [0.3, 0.4) is 0 Å². The quantitative estimate of drug-likeness (QED) is 0.545. The Kier molecular flexibility index (Phi) is 6.85. The average Bonchev–Trinajstić information content (AvgIpc) is 2.84. The predicted octanol–water partition coefficient (Wildman–Crippen LogP) is 0.658. The maximum absolute atomic E-state index is 2.28. The van der Waals surface area contributed by atoms with Crippen LogP contribution < -0.4 is 21.5 Å². The summed E-state index contributed by atoms with van der Waals surface area (Å²) in [4.78, 5) is 0. The van der Waals surface area contributed by atoms with Gasteiger partial charge < -0.3 is 17.0 Å². The zero-order valence-corrected chi connectivity index (χ0v) is 13.4. The molecule has 0 amide bonds. The van der Waals surface area contributed by atoms with Crippen molar-refractivity contribution < 1.29 is 21.5 Å². The second kappa shape index (κ2) is 8.16. The Labute approximate surface area is 126 Å². The molecule has 104 valence electrons. The van der Waals surface area contributed by atoms with E-state index in [1.807, 2.05) is 0 Å². The fourth-order valence-electron chi connectivity index (χ4n) is 2.24. The second-order valence-corrected chi connectivity index (χ2v) is 4.91. The lowest BCUT2D eigenvalue weighted by Gasteiger charge is -1.99. The molecule has 0 aliphatic rings. The zero-order chi connectivity index (χ0) is 12.8. The first-order chi connectivity index (χ1) is 8.81. The molecular formula is C16H23BrN2. The minimum Gasteiger partial charge on any atom is -1.00 e. The summed E-state index contributed by atoms with van der Waals surface area (Å²) in [6.45, 7) is 5.53. The molecule has 0 unspecified atom stereocenters. The Morgan fingerprint density at radius 3 is 2.63 bits per heavy atom. The van der Waals surface area contributed by atoms with Crippen molar-refractivity contribution in [3.8, 4) is 5.69 Å². The van der Waals surface area contributed by atoms with Gasteiger partial charge in [-0.05, 0) is 31.4 Å². The van der Waals surface area contributed by atoms with E-state index < -0.39 is 0 Å². The fraction of sp³-hybridized carbons (Fsp3) is 0.438. The summed E-state index contributed by atoms with van der Waals surface area (Å²) >= 11 is 0. The first-order valence-electron chi connectivity index (χ1n) is 6.94. The molecule has 19 heavy (non-hydrogen) atoms. The van der Waals surface area contributed by atoms with Crippen LogP contribution in [0.15, 0.2) is 43.0 Å². The van der Waals surface area contributed by atoms with E-state index in [9.17, 15) is 0 Å². The van der Waals surface area contributed by atoms with Crippen molar-refractivity contribution >= 4 is 0 Å². The van der Waals surface area contributed by atoms with Crippen LogP contribution in [0.4, 0.5) is 0 Å². The molecule has 0 aliphatic heterocycles. The van der Waals surface area contributed by atoms with Crippen molar-refractivity contribution in [1.29, 1.82) is 0 Å². The number of aromatic nitrogens is 2. The van der Waals surface area contributed by atoms with Gasteiger partial charge in [-0.2, -0.15) is 0 Å². The maximum Gasteiger partial charge on any atom is 0.248 e. The van der Waals surface area contributed by atoms with Crippen LogP contribution in [0, 0.1) is 6.92 Å². The number of rotatable bonds is 6. The highest BCUT2D eigenvalue weighted by molar-refractivity contribution is 5.39. The van der Waals surface area contributed by atoms with Crippen LogP contribution in [0.5, 0.6) is 0 Å². The van der Waals surface area contributed by atoms with Crippen LogP contribution in [0.25, 0.3) is 5.69 Å². The van der Waals surface area contributed by atoms with Gasteiger partial charge in [0.15, 0.2) is 0 Å². The van der Waals surface area contributed by atoms with Gasteiger partial charge in [-0.3, -0.25) is 0 Å². The lowest BCUT2D eigenvalue weighted by atomic mass is 10.2. The Hall–Kier alpha value is -1.09. The number of hydrogen-bond acceptors (Lipinski definition) is 0. The Morgan fingerprint density at radius 2 is 1.89 bits per heavy atom. The fourth-order valence-corrected chi connectivity index (χ4v) is 2.24. The van der Waals surface area contributed by atoms with Gasteiger partial charge in [0.1, 0.15) is 18.1 Å². The van der Waals surface area contributed by atoms with Crippen molar-refractivity contribution in [2.75, 3.05) is 0 Å². The minimum absolute atomic E-state index is 0. The summed E-state index contributed by atoms with van der Waals surface area (Å²) in [5, 5.41) is 0. The summed E-state index contributed by atoms with van der Waals surface area (Å²) in [7, 11) is 0. The van der Waals surface area contributed by atoms with Gasteiger partial charge >= 0.3 is 0 Å². The molecular weight excluding hydrogens is 300 g/mol. The molecule has 0 bridgehead atoms. The number of halogens is 1. The Morgan fingerprint density at radius 1 is 1.11 bits per heavy atom. The van der Waals surface area contributed by atoms with E-state index in [1.54, 1.807) is 0 Å². The van der Waals surface area contributed by atoms with E-state index in [0.717, 1.165) is 6.54 Å². The third-order valence-electron chi connectivity index (χ3n) is 3.35. The third kappa shape index (κ3) is 4.50. The van der Waals surface area contributed by atoms with Crippen LogP contribution in [0.2, 0.25) is 0 Å². The topological polar surface area (TPSA) is 8.81 Å². The zero-order valence-electron chi connectivity index (χ0n) is 11.8. The smallest absolute Gasteiger partial charge is 0.248 e. The van der Waals surface area contributed by atoms with Gasteiger partial charge in [-0.15, -0.1) is 0 Å². The van der Waals surface area contributed by atoms with Gasteiger partial charge in [0.25, 0.3) is 0 Å². The van der Waals surface area contributed by atoms with E-state index in [1.165, 1.54) is 36.9 Å². The second-order valence-electron chi connectivity index (χ2n) is 4.91. The number of benzene rings is 1. The molecule has 0 atom stereocenters. The monoisotopic (exact) mass is 322 g/mol. The molecule has 0 fully saturated rings. The molecule has 2 nitrogen and oxygen atoms in total. The summed E-state index contributed by atoms with van der Waals surface area (Å²) in [6.07, 6.45) is 11.7. The number of hydrogen-bond donors (Lipinski definition) is 0. The molecule has 1 aromatic heterocycles. The van der Waals surface area contributed by atoms with E-state index in [-0.39, 0.29) is 17.0 Å².